The van der Waals surface area contributed by atoms with Crippen molar-refractivity contribution in [1.82, 2.24) is 19.5 Å². The van der Waals surface area contributed by atoms with Crippen LogP contribution in [0.4, 0.5) is 11.6 Å². The molecule has 2 aromatic carbocycles. The van der Waals surface area contributed by atoms with Gasteiger partial charge in [0.25, 0.3) is 5.56 Å². The van der Waals surface area contributed by atoms with Gasteiger partial charge in [-0.3, -0.25) is 9.78 Å². The number of H-pyrrole nitrogens is 1. The van der Waals surface area contributed by atoms with E-state index in [9.17, 15) is 9.59 Å². The number of benzene rings is 2. The quantitative estimate of drug-likeness (QED) is 0.507. The minimum atomic E-state index is -0.579. The van der Waals surface area contributed by atoms with Gasteiger partial charge in [0.15, 0.2) is 17.1 Å². The molecular formula is C23H20N6O4. The van der Waals surface area contributed by atoms with Gasteiger partial charge in [-0.05, 0) is 24.3 Å². The first-order chi connectivity index (χ1) is 16.2. The van der Waals surface area contributed by atoms with Crippen LogP contribution in [0.2, 0.25) is 0 Å². The van der Waals surface area contributed by atoms with E-state index in [1.54, 1.807) is 18.2 Å². The van der Waals surface area contributed by atoms with E-state index in [-0.39, 0.29) is 17.8 Å². The van der Waals surface area contributed by atoms with Gasteiger partial charge in [-0.1, -0.05) is 18.2 Å². The lowest BCUT2D eigenvalue weighted by molar-refractivity contribution is 0.174. The maximum atomic E-state index is 13.1. The average molecular weight is 444 g/mol. The molecular weight excluding hydrogens is 424 g/mol. The zero-order valence-corrected chi connectivity index (χ0v) is 17.6. The van der Waals surface area contributed by atoms with Crippen LogP contribution in [-0.4, -0.2) is 52.5 Å². The van der Waals surface area contributed by atoms with Crippen molar-refractivity contribution in [3.8, 4) is 17.2 Å². The van der Waals surface area contributed by atoms with E-state index in [0.717, 1.165) is 30.7 Å². The number of anilines is 2. The lowest BCUT2D eigenvalue weighted by Gasteiger charge is -2.36. The maximum Gasteiger partial charge on any atom is 0.334 e. The third kappa shape index (κ3) is 3.36. The molecule has 10 nitrogen and oxygen atoms in total. The summed E-state index contributed by atoms with van der Waals surface area (Å²) in [6, 6.07) is 15.2. The van der Waals surface area contributed by atoms with Gasteiger partial charge in [-0.25, -0.2) is 14.3 Å². The van der Waals surface area contributed by atoms with Crippen LogP contribution in [0.1, 0.15) is 0 Å². The molecule has 0 unspecified atom stereocenters. The Balaban J connectivity index is 1.30. The zero-order valence-electron chi connectivity index (χ0n) is 17.6. The van der Waals surface area contributed by atoms with Gasteiger partial charge in [0.05, 0.1) is 5.69 Å². The minimum Gasteiger partial charge on any atom is -0.454 e. The third-order valence-corrected chi connectivity index (χ3v) is 5.94. The second-order valence-corrected chi connectivity index (χ2v) is 7.85. The van der Waals surface area contributed by atoms with Gasteiger partial charge < -0.3 is 19.3 Å². The summed E-state index contributed by atoms with van der Waals surface area (Å²) in [5, 5.41) is 0.235. The molecule has 0 aliphatic carbocycles. The standard InChI is InChI=1S/C23H20N6O4/c30-21-17-13-24-22(28-10-8-27(9-11-28)15-4-2-1-3-5-15)25-20(17)26-23(31)29(21)16-6-7-18-19(12-16)33-14-32-18/h1-7,12-13H,8-11,14H2,(H,24,25,26,31). The zero-order chi connectivity index (χ0) is 22.4. The van der Waals surface area contributed by atoms with Crippen molar-refractivity contribution in [3.63, 3.8) is 0 Å². The Morgan fingerprint density at radius 3 is 2.42 bits per heavy atom. The summed E-state index contributed by atoms with van der Waals surface area (Å²) in [5.41, 5.74) is 0.717. The highest BCUT2D eigenvalue weighted by Crippen LogP contribution is 2.33. The van der Waals surface area contributed by atoms with Crippen molar-refractivity contribution in [2.45, 2.75) is 0 Å². The Bertz CT molecular complexity index is 1460. The average Bonchev–Trinajstić information content (AvgIpc) is 3.32. The van der Waals surface area contributed by atoms with Crippen molar-refractivity contribution in [2.24, 2.45) is 0 Å². The highest BCUT2D eigenvalue weighted by Gasteiger charge is 2.21. The summed E-state index contributed by atoms with van der Waals surface area (Å²) in [6.45, 7) is 3.23. The Morgan fingerprint density at radius 1 is 0.848 bits per heavy atom. The van der Waals surface area contributed by atoms with Crippen LogP contribution in [0.5, 0.6) is 11.5 Å². The predicted octanol–water partition coefficient (Wildman–Crippen LogP) is 1.52. The molecule has 4 heterocycles. The van der Waals surface area contributed by atoms with E-state index in [2.05, 4.69) is 36.9 Å². The molecule has 2 aromatic heterocycles. The lowest BCUT2D eigenvalue weighted by Crippen LogP contribution is -2.47. The molecule has 0 amide bonds. The summed E-state index contributed by atoms with van der Waals surface area (Å²) >= 11 is 0. The lowest BCUT2D eigenvalue weighted by atomic mass is 10.2. The smallest absolute Gasteiger partial charge is 0.334 e. The van der Waals surface area contributed by atoms with E-state index in [1.165, 1.54) is 11.9 Å². The number of aromatic amines is 1. The van der Waals surface area contributed by atoms with E-state index in [4.69, 9.17) is 9.47 Å². The first-order valence-electron chi connectivity index (χ1n) is 10.6. The second kappa shape index (κ2) is 7.66. The second-order valence-electron chi connectivity index (χ2n) is 7.85. The summed E-state index contributed by atoms with van der Waals surface area (Å²) in [7, 11) is 0. The summed E-state index contributed by atoms with van der Waals surface area (Å²) in [6.07, 6.45) is 1.48. The van der Waals surface area contributed by atoms with E-state index in [1.807, 2.05) is 18.2 Å². The molecule has 10 heteroatoms. The molecule has 166 valence electrons. The SMILES string of the molecule is O=c1[nH]c2nc(N3CCN(c4ccccc4)CC3)ncc2c(=O)n1-c1ccc2c(c1)OCO2. The molecule has 0 saturated carbocycles. The fourth-order valence-corrected chi connectivity index (χ4v) is 4.21. The first-order valence-corrected chi connectivity index (χ1v) is 10.6. The highest BCUT2D eigenvalue weighted by molar-refractivity contribution is 5.74. The summed E-state index contributed by atoms with van der Waals surface area (Å²) in [4.78, 5) is 41.9. The van der Waals surface area contributed by atoms with E-state index in [0.29, 0.717) is 23.1 Å². The van der Waals surface area contributed by atoms with Crippen molar-refractivity contribution in [1.29, 1.82) is 0 Å². The van der Waals surface area contributed by atoms with Gasteiger partial charge >= 0.3 is 5.69 Å². The summed E-state index contributed by atoms with van der Waals surface area (Å²) < 4.78 is 11.7. The van der Waals surface area contributed by atoms with Crippen LogP contribution in [0.15, 0.2) is 64.3 Å². The molecule has 1 fully saturated rings. The van der Waals surface area contributed by atoms with Gasteiger partial charge in [-0.15, -0.1) is 0 Å². The number of hydrogen-bond donors (Lipinski definition) is 1. The number of hydrogen-bond acceptors (Lipinski definition) is 8. The molecule has 0 bridgehead atoms. The molecule has 4 aromatic rings. The van der Waals surface area contributed by atoms with Crippen molar-refractivity contribution >= 4 is 22.7 Å². The number of para-hydroxylation sites is 1. The fourth-order valence-electron chi connectivity index (χ4n) is 4.21. The number of aromatic nitrogens is 4. The predicted molar refractivity (Wildman–Crippen MR) is 123 cm³/mol. The molecule has 33 heavy (non-hydrogen) atoms. The maximum absolute atomic E-state index is 13.1. The Kier molecular flexibility index (Phi) is 4.49. The Labute approximate surface area is 187 Å². The molecule has 2 aliphatic rings. The van der Waals surface area contributed by atoms with Crippen LogP contribution in [0, 0.1) is 0 Å². The van der Waals surface area contributed by atoms with Gasteiger partial charge in [0.1, 0.15) is 5.39 Å². The number of piperazine rings is 1. The van der Waals surface area contributed by atoms with E-state index >= 15 is 0 Å². The van der Waals surface area contributed by atoms with Gasteiger partial charge in [-0.2, -0.15) is 4.98 Å². The van der Waals surface area contributed by atoms with Gasteiger partial charge in [0, 0.05) is 44.1 Å². The van der Waals surface area contributed by atoms with Crippen LogP contribution in [0.3, 0.4) is 0 Å². The van der Waals surface area contributed by atoms with Crippen molar-refractivity contribution < 1.29 is 9.47 Å². The van der Waals surface area contributed by atoms with Gasteiger partial charge in [0.2, 0.25) is 12.7 Å². The molecule has 0 atom stereocenters. The number of nitrogens with one attached hydrogen (secondary N) is 1. The molecule has 1 saturated heterocycles. The molecule has 0 spiro atoms. The Hall–Kier alpha value is -4.34. The third-order valence-electron chi connectivity index (χ3n) is 5.94. The normalized spacial score (nSPS) is 15.3. The first kappa shape index (κ1) is 19.4. The minimum absolute atomic E-state index is 0.109. The highest BCUT2D eigenvalue weighted by atomic mass is 16.7. The topological polar surface area (TPSA) is 106 Å². The monoisotopic (exact) mass is 444 g/mol. The summed E-state index contributed by atoms with van der Waals surface area (Å²) in [5.74, 6) is 1.55. The largest absolute Gasteiger partial charge is 0.454 e. The number of rotatable bonds is 3. The van der Waals surface area contributed by atoms with Crippen LogP contribution < -0.4 is 30.5 Å². The number of ether oxygens (including phenoxy) is 2. The molecule has 0 radical (unpaired) electrons. The van der Waals surface area contributed by atoms with Crippen molar-refractivity contribution in [3.05, 3.63) is 75.6 Å². The number of nitrogens with zero attached hydrogens (tertiary/aromatic N) is 5. The van der Waals surface area contributed by atoms with Crippen molar-refractivity contribution in [2.75, 3.05) is 42.8 Å². The van der Waals surface area contributed by atoms with Crippen LogP contribution in [0.25, 0.3) is 16.7 Å². The van der Waals surface area contributed by atoms with Crippen LogP contribution in [-0.2, 0) is 0 Å². The Morgan fingerprint density at radius 2 is 1.61 bits per heavy atom. The number of fused-ring (bicyclic) bond motifs is 2. The van der Waals surface area contributed by atoms with E-state index < -0.39 is 11.2 Å². The molecule has 1 N–H and O–H groups in total. The molecule has 2 aliphatic heterocycles. The fraction of sp³-hybridized carbons (Fsp3) is 0.217. The molecule has 6 rings (SSSR count). The van der Waals surface area contributed by atoms with Crippen LogP contribution >= 0.6 is 0 Å².